The summed E-state index contributed by atoms with van der Waals surface area (Å²) in [6.45, 7) is 4.65. The van der Waals surface area contributed by atoms with E-state index in [1.54, 1.807) is 0 Å². The number of hydrogen-bond donors (Lipinski definition) is 1. The number of anilines is 2. The molecule has 1 saturated carbocycles. The largest absolute Gasteiger partial charge is 0.334 e. The molecule has 2 aliphatic rings. The Morgan fingerprint density at radius 3 is 2.96 bits per heavy atom. The minimum absolute atomic E-state index is 0.751. The number of rotatable bonds is 4. The SMILES string of the molecule is CCc1cc(C2CC3CNCCC32)ccc1N(C)c1cc2c(cn1)ncn2C. The highest BCUT2D eigenvalue weighted by molar-refractivity contribution is 5.79. The molecule has 1 saturated heterocycles. The van der Waals surface area contributed by atoms with Crippen LogP contribution in [0, 0.1) is 11.8 Å². The van der Waals surface area contributed by atoms with Gasteiger partial charge >= 0.3 is 0 Å². The third-order valence-electron chi connectivity index (χ3n) is 6.95. The van der Waals surface area contributed by atoms with Crippen LogP contribution in [0.3, 0.4) is 0 Å². The van der Waals surface area contributed by atoms with Crippen molar-refractivity contribution in [1.82, 2.24) is 19.9 Å². The fourth-order valence-electron chi connectivity index (χ4n) is 5.19. The zero-order chi connectivity index (χ0) is 19.3. The summed E-state index contributed by atoms with van der Waals surface area (Å²) in [5, 5.41) is 3.55. The van der Waals surface area contributed by atoms with Crippen LogP contribution in [0.25, 0.3) is 11.0 Å². The summed E-state index contributed by atoms with van der Waals surface area (Å²) < 4.78 is 2.05. The lowest BCUT2D eigenvalue weighted by Gasteiger charge is -2.48. The highest BCUT2D eigenvalue weighted by Gasteiger charge is 2.42. The quantitative estimate of drug-likeness (QED) is 0.748. The summed E-state index contributed by atoms with van der Waals surface area (Å²) in [4.78, 5) is 11.2. The van der Waals surface area contributed by atoms with Gasteiger partial charge in [-0.25, -0.2) is 9.97 Å². The Morgan fingerprint density at radius 2 is 2.14 bits per heavy atom. The third kappa shape index (κ3) is 2.80. The Labute approximate surface area is 166 Å². The van der Waals surface area contributed by atoms with Crippen molar-refractivity contribution in [3.05, 3.63) is 47.9 Å². The smallest absolute Gasteiger partial charge is 0.134 e. The van der Waals surface area contributed by atoms with Gasteiger partial charge in [0.15, 0.2) is 0 Å². The standard InChI is InChI=1S/C23H29N5/c1-4-15-9-16(19-10-17-12-24-8-7-18(17)19)5-6-21(15)28(3)23-11-22-20(13-25-23)26-14-27(22)2/h5-6,9,11,13-14,17-19,24H,4,7-8,10,12H2,1-3H3. The Balaban J connectivity index is 1.44. The lowest BCUT2D eigenvalue weighted by atomic mass is 9.59. The second-order valence-corrected chi connectivity index (χ2v) is 8.45. The maximum Gasteiger partial charge on any atom is 0.134 e. The van der Waals surface area contributed by atoms with Crippen LogP contribution in [0.1, 0.15) is 36.8 Å². The average molecular weight is 376 g/mol. The Hall–Kier alpha value is -2.40. The number of hydrogen-bond acceptors (Lipinski definition) is 4. The van der Waals surface area contributed by atoms with E-state index in [4.69, 9.17) is 0 Å². The van der Waals surface area contributed by atoms with Crippen molar-refractivity contribution >= 4 is 22.5 Å². The molecular formula is C23H29N5. The van der Waals surface area contributed by atoms with Gasteiger partial charge in [-0.2, -0.15) is 0 Å². The summed E-state index contributed by atoms with van der Waals surface area (Å²) in [5.74, 6) is 3.48. The van der Waals surface area contributed by atoms with Crippen LogP contribution in [0.15, 0.2) is 36.8 Å². The molecule has 0 spiro atoms. The summed E-state index contributed by atoms with van der Waals surface area (Å²) in [5.41, 5.74) is 6.24. The molecule has 3 aromatic rings. The predicted molar refractivity (Wildman–Crippen MR) is 114 cm³/mol. The zero-order valence-corrected chi connectivity index (χ0v) is 17.0. The Kier molecular flexibility index (Phi) is 4.35. The van der Waals surface area contributed by atoms with Crippen molar-refractivity contribution in [2.24, 2.45) is 18.9 Å². The van der Waals surface area contributed by atoms with Crippen molar-refractivity contribution in [2.45, 2.75) is 32.1 Å². The average Bonchev–Trinajstić information content (AvgIpc) is 3.08. The van der Waals surface area contributed by atoms with Crippen LogP contribution < -0.4 is 10.2 Å². The minimum atomic E-state index is 0.751. The number of benzene rings is 1. The first kappa shape index (κ1) is 17.7. The molecule has 3 atom stereocenters. The van der Waals surface area contributed by atoms with Crippen LogP contribution in [0.2, 0.25) is 0 Å². The molecule has 0 bridgehead atoms. The van der Waals surface area contributed by atoms with E-state index in [1.165, 1.54) is 42.7 Å². The van der Waals surface area contributed by atoms with E-state index >= 15 is 0 Å². The van der Waals surface area contributed by atoms with Crippen molar-refractivity contribution in [2.75, 3.05) is 25.0 Å². The molecule has 1 aromatic carbocycles. The monoisotopic (exact) mass is 375 g/mol. The number of nitrogens with one attached hydrogen (secondary N) is 1. The molecule has 5 heteroatoms. The van der Waals surface area contributed by atoms with E-state index in [1.807, 2.05) is 24.1 Å². The van der Waals surface area contributed by atoms with Gasteiger partial charge in [0.2, 0.25) is 0 Å². The van der Waals surface area contributed by atoms with E-state index in [0.29, 0.717) is 0 Å². The Morgan fingerprint density at radius 1 is 1.25 bits per heavy atom. The third-order valence-corrected chi connectivity index (χ3v) is 6.95. The molecule has 146 valence electrons. The van der Waals surface area contributed by atoms with E-state index in [9.17, 15) is 0 Å². The van der Waals surface area contributed by atoms with Crippen LogP contribution in [0.5, 0.6) is 0 Å². The molecule has 3 unspecified atom stereocenters. The van der Waals surface area contributed by atoms with Crippen LogP contribution in [-0.2, 0) is 13.5 Å². The van der Waals surface area contributed by atoms with Gasteiger partial charge in [-0.15, -0.1) is 0 Å². The van der Waals surface area contributed by atoms with Gasteiger partial charge in [0.05, 0.1) is 18.0 Å². The van der Waals surface area contributed by atoms with E-state index < -0.39 is 0 Å². The van der Waals surface area contributed by atoms with Crippen LogP contribution in [0.4, 0.5) is 11.5 Å². The van der Waals surface area contributed by atoms with Gasteiger partial charge in [0.25, 0.3) is 0 Å². The van der Waals surface area contributed by atoms with Crippen molar-refractivity contribution in [1.29, 1.82) is 0 Å². The van der Waals surface area contributed by atoms with Gasteiger partial charge in [0, 0.05) is 25.8 Å². The molecule has 1 aliphatic heterocycles. The molecule has 0 amide bonds. The van der Waals surface area contributed by atoms with E-state index in [2.05, 4.69) is 58.4 Å². The number of nitrogens with zero attached hydrogens (tertiary/aromatic N) is 4. The molecule has 3 heterocycles. The fourth-order valence-corrected chi connectivity index (χ4v) is 5.19. The number of fused-ring (bicyclic) bond motifs is 2. The number of aryl methyl sites for hydroxylation is 2. The molecule has 5 nitrogen and oxygen atoms in total. The van der Waals surface area contributed by atoms with Gasteiger partial charge in [-0.1, -0.05) is 19.1 Å². The first-order valence-electron chi connectivity index (χ1n) is 10.5. The number of piperidine rings is 1. The van der Waals surface area contributed by atoms with Gasteiger partial charge in [0.1, 0.15) is 11.3 Å². The highest BCUT2D eigenvalue weighted by Crippen LogP contribution is 2.50. The van der Waals surface area contributed by atoms with Gasteiger partial charge in [-0.3, -0.25) is 0 Å². The Bertz CT molecular complexity index is 1010. The summed E-state index contributed by atoms with van der Waals surface area (Å²) in [7, 11) is 4.14. The zero-order valence-electron chi connectivity index (χ0n) is 17.0. The van der Waals surface area contributed by atoms with Crippen LogP contribution in [-0.4, -0.2) is 34.7 Å². The lowest BCUT2D eigenvalue weighted by molar-refractivity contribution is 0.0930. The molecular weight excluding hydrogens is 346 g/mol. The van der Waals surface area contributed by atoms with E-state index in [-0.39, 0.29) is 0 Å². The van der Waals surface area contributed by atoms with Gasteiger partial charge in [-0.05, 0) is 67.3 Å². The van der Waals surface area contributed by atoms with Crippen molar-refractivity contribution < 1.29 is 0 Å². The number of aromatic nitrogens is 3. The van der Waals surface area contributed by atoms with Crippen molar-refractivity contribution in [3.63, 3.8) is 0 Å². The van der Waals surface area contributed by atoms with Crippen LogP contribution >= 0.6 is 0 Å². The summed E-state index contributed by atoms with van der Waals surface area (Å²) in [6, 6.07) is 9.24. The lowest BCUT2D eigenvalue weighted by Crippen LogP contribution is -2.47. The molecule has 2 aromatic heterocycles. The molecule has 1 aliphatic carbocycles. The molecule has 2 fully saturated rings. The second-order valence-electron chi connectivity index (χ2n) is 8.45. The van der Waals surface area contributed by atoms with E-state index in [0.717, 1.165) is 41.0 Å². The summed E-state index contributed by atoms with van der Waals surface area (Å²) >= 11 is 0. The molecule has 1 N–H and O–H groups in total. The second kappa shape index (κ2) is 6.89. The summed E-state index contributed by atoms with van der Waals surface area (Å²) in [6.07, 6.45) is 7.41. The minimum Gasteiger partial charge on any atom is -0.334 e. The van der Waals surface area contributed by atoms with Gasteiger partial charge < -0.3 is 14.8 Å². The first-order valence-corrected chi connectivity index (χ1v) is 10.5. The maximum atomic E-state index is 4.65. The normalized spacial score (nSPS) is 24.0. The molecule has 28 heavy (non-hydrogen) atoms. The molecule has 5 rings (SSSR count). The number of imidazole rings is 1. The predicted octanol–water partition coefficient (Wildman–Crippen LogP) is 4.01. The number of pyridine rings is 1. The molecule has 0 radical (unpaired) electrons. The first-order chi connectivity index (χ1) is 13.7. The highest BCUT2D eigenvalue weighted by atomic mass is 15.2. The topological polar surface area (TPSA) is 46.0 Å². The maximum absolute atomic E-state index is 4.65. The van der Waals surface area contributed by atoms with Crippen molar-refractivity contribution in [3.8, 4) is 0 Å². The fraction of sp³-hybridized carbons (Fsp3) is 0.478.